The molecule has 0 bridgehead atoms. The van der Waals surface area contributed by atoms with Crippen molar-refractivity contribution in [3.63, 3.8) is 0 Å². The number of carbonyl (C=O) groups is 1. The number of nitrogens with zero attached hydrogens (tertiary/aromatic N) is 3. The maximum Gasteiger partial charge on any atom is 0.359 e. The van der Waals surface area contributed by atoms with Gasteiger partial charge in [-0.05, 0) is 46.5 Å². The number of H-pyrrole nitrogens is 1. The van der Waals surface area contributed by atoms with Crippen LogP contribution in [0.3, 0.4) is 0 Å². The zero-order valence-corrected chi connectivity index (χ0v) is 13.5. The summed E-state index contributed by atoms with van der Waals surface area (Å²) in [7, 11) is 3.99. The summed E-state index contributed by atoms with van der Waals surface area (Å²) in [4.78, 5) is 28.7. The summed E-state index contributed by atoms with van der Waals surface area (Å²) >= 11 is 0. The SMILES string of the molecule is CCOC(=O)c1nn(CCCN(C)C)c2[nH]c(=O)cc(C)c12. The Morgan fingerprint density at radius 3 is 2.82 bits per heavy atom. The van der Waals surface area contributed by atoms with E-state index in [1.807, 2.05) is 14.1 Å². The molecule has 0 saturated carbocycles. The minimum atomic E-state index is -0.464. The summed E-state index contributed by atoms with van der Waals surface area (Å²) in [6, 6.07) is 1.47. The largest absolute Gasteiger partial charge is 0.461 e. The van der Waals surface area contributed by atoms with Crippen molar-refractivity contribution in [3.8, 4) is 0 Å². The van der Waals surface area contributed by atoms with Crippen molar-refractivity contribution in [2.24, 2.45) is 0 Å². The molecule has 0 atom stereocenters. The van der Waals surface area contributed by atoms with E-state index in [4.69, 9.17) is 4.74 Å². The van der Waals surface area contributed by atoms with E-state index in [1.54, 1.807) is 18.5 Å². The molecule has 22 heavy (non-hydrogen) atoms. The van der Waals surface area contributed by atoms with Crippen molar-refractivity contribution in [1.29, 1.82) is 0 Å². The number of aryl methyl sites for hydroxylation is 2. The van der Waals surface area contributed by atoms with Crippen LogP contribution >= 0.6 is 0 Å². The summed E-state index contributed by atoms with van der Waals surface area (Å²) in [5.41, 5.74) is 1.36. The van der Waals surface area contributed by atoms with Gasteiger partial charge in [0.25, 0.3) is 0 Å². The second kappa shape index (κ2) is 6.74. The van der Waals surface area contributed by atoms with Crippen LogP contribution in [0.2, 0.25) is 0 Å². The van der Waals surface area contributed by atoms with Crippen LogP contribution in [0.4, 0.5) is 0 Å². The molecule has 0 aliphatic rings. The minimum Gasteiger partial charge on any atom is -0.461 e. The molecule has 0 amide bonds. The van der Waals surface area contributed by atoms with Crippen LogP contribution in [0, 0.1) is 6.92 Å². The molecule has 0 aliphatic carbocycles. The van der Waals surface area contributed by atoms with E-state index in [9.17, 15) is 9.59 Å². The molecule has 120 valence electrons. The highest BCUT2D eigenvalue weighted by Crippen LogP contribution is 2.20. The van der Waals surface area contributed by atoms with Crippen molar-refractivity contribution < 1.29 is 9.53 Å². The van der Waals surface area contributed by atoms with E-state index in [0.717, 1.165) is 18.5 Å². The lowest BCUT2D eigenvalue weighted by Crippen LogP contribution is -2.16. The van der Waals surface area contributed by atoms with Gasteiger partial charge in [-0.1, -0.05) is 0 Å². The monoisotopic (exact) mass is 306 g/mol. The van der Waals surface area contributed by atoms with Crippen LogP contribution in [0.25, 0.3) is 11.0 Å². The molecule has 7 heteroatoms. The van der Waals surface area contributed by atoms with Gasteiger partial charge < -0.3 is 14.6 Å². The summed E-state index contributed by atoms with van der Waals surface area (Å²) in [5.74, 6) is -0.464. The highest BCUT2D eigenvalue weighted by Gasteiger charge is 2.20. The Labute approximate surface area is 128 Å². The van der Waals surface area contributed by atoms with Crippen LogP contribution in [0.5, 0.6) is 0 Å². The van der Waals surface area contributed by atoms with E-state index in [1.165, 1.54) is 6.07 Å². The molecule has 0 unspecified atom stereocenters. The van der Waals surface area contributed by atoms with Crippen LogP contribution in [0.15, 0.2) is 10.9 Å². The highest BCUT2D eigenvalue weighted by molar-refractivity contribution is 6.02. The fourth-order valence-corrected chi connectivity index (χ4v) is 2.42. The van der Waals surface area contributed by atoms with Crippen molar-refractivity contribution in [2.75, 3.05) is 27.2 Å². The van der Waals surface area contributed by atoms with Crippen molar-refractivity contribution in [2.45, 2.75) is 26.8 Å². The molecule has 2 aromatic heterocycles. The molecular weight excluding hydrogens is 284 g/mol. The third-order valence-electron chi connectivity index (χ3n) is 3.38. The second-order valence-electron chi connectivity index (χ2n) is 5.49. The topological polar surface area (TPSA) is 80.2 Å². The Hall–Kier alpha value is -2.15. The average molecular weight is 306 g/mol. The van der Waals surface area contributed by atoms with Crippen molar-refractivity contribution >= 4 is 17.0 Å². The summed E-state index contributed by atoms with van der Waals surface area (Å²) in [6.45, 7) is 5.35. The summed E-state index contributed by atoms with van der Waals surface area (Å²) in [5, 5.41) is 5.02. The summed E-state index contributed by atoms with van der Waals surface area (Å²) < 4.78 is 6.74. The van der Waals surface area contributed by atoms with Crippen LogP contribution in [-0.2, 0) is 11.3 Å². The highest BCUT2D eigenvalue weighted by atomic mass is 16.5. The van der Waals surface area contributed by atoms with Gasteiger partial charge in [0.2, 0.25) is 5.56 Å². The molecule has 0 aliphatic heterocycles. The standard InChI is InChI=1S/C15H22N4O3/c1-5-22-15(21)13-12-10(2)9-11(20)16-14(12)19(17-13)8-6-7-18(3)4/h9H,5-8H2,1-4H3,(H,16,20). The third kappa shape index (κ3) is 3.36. The second-order valence-corrected chi connectivity index (χ2v) is 5.49. The van der Waals surface area contributed by atoms with E-state index in [2.05, 4.69) is 15.0 Å². The Kier molecular flexibility index (Phi) is 4.97. The molecule has 7 nitrogen and oxygen atoms in total. The van der Waals surface area contributed by atoms with Gasteiger partial charge in [0.1, 0.15) is 5.65 Å². The molecule has 0 aromatic carbocycles. The average Bonchev–Trinajstić information content (AvgIpc) is 2.78. The quantitative estimate of drug-likeness (QED) is 0.810. The molecule has 0 radical (unpaired) electrons. The zero-order chi connectivity index (χ0) is 16.3. The summed E-state index contributed by atoms with van der Waals surface area (Å²) in [6.07, 6.45) is 0.863. The van der Waals surface area contributed by atoms with Gasteiger partial charge in [0.05, 0.1) is 12.0 Å². The number of fused-ring (bicyclic) bond motifs is 1. The Morgan fingerprint density at radius 2 is 2.18 bits per heavy atom. The fourth-order valence-electron chi connectivity index (χ4n) is 2.42. The number of carbonyl (C=O) groups excluding carboxylic acids is 1. The van der Waals surface area contributed by atoms with Gasteiger partial charge >= 0.3 is 5.97 Å². The number of hydrogen-bond donors (Lipinski definition) is 1. The number of esters is 1. The lowest BCUT2D eigenvalue weighted by Gasteiger charge is -2.09. The first-order chi connectivity index (χ1) is 10.4. The van der Waals surface area contributed by atoms with E-state index >= 15 is 0 Å². The van der Waals surface area contributed by atoms with Gasteiger partial charge in [-0.25, -0.2) is 9.48 Å². The van der Waals surface area contributed by atoms with Crippen molar-refractivity contribution in [3.05, 3.63) is 27.7 Å². The number of ether oxygens (including phenoxy) is 1. The van der Waals surface area contributed by atoms with Gasteiger partial charge in [-0.3, -0.25) is 4.79 Å². The number of aromatic amines is 1. The van der Waals surface area contributed by atoms with E-state index in [-0.39, 0.29) is 17.9 Å². The van der Waals surface area contributed by atoms with Crippen LogP contribution in [0.1, 0.15) is 29.4 Å². The first-order valence-corrected chi connectivity index (χ1v) is 7.36. The maximum absolute atomic E-state index is 12.1. The molecule has 0 spiro atoms. The molecule has 2 rings (SSSR count). The molecule has 2 heterocycles. The van der Waals surface area contributed by atoms with Gasteiger partial charge in [0, 0.05) is 12.6 Å². The first kappa shape index (κ1) is 16.2. The molecular formula is C15H22N4O3. The molecule has 1 N–H and O–H groups in total. The molecule has 0 fully saturated rings. The molecule has 0 saturated heterocycles. The Morgan fingerprint density at radius 1 is 1.45 bits per heavy atom. The number of aromatic nitrogens is 3. The van der Waals surface area contributed by atoms with Gasteiger partial charge in [0.15, 0.2) is 5.69 Å². The third-order valence-corrected chi connectivity index (χ3v) is 3.38. The van der Waals surface area contributed by atoms with Gasteiger partial charge in [-0.15, -0.1) is 0 Å². The van der Waals surface area contributed by atoms with Crippen LogP contribution in [-0.4, -0.2) is 52.9 Å². The lowest BCUT2D eigenvalue weighted by atomic mass is 10.1. The van der Waals surface area contributed by atoms with E-state index < -0.39 is 5.97 Å². The number of nitrogens with one attached hydrogen (secondary N) is 1. The number of rotatable bonds is 6. The lowest BCUT2D eigenvalue weighted by molar-refractivity contribution is 0.0520. The number of hydrogen-bond acceptors (Lipinski definition) is 5. The first-order valence-electron chi connectivity index (χ1n) is 7.36. The Balaban J connectivity index is 2.47. The predicted octanol–water partition coefficient (Wildman–Crippen LogP) is 1.16. The predicted molar refractivity (Wildman–Crippen MR) is 84.2 cm³/mol. The molecule has 2 aromatic rings. The van der Waals surface area contributed by atoms with Gasteiger partial charge in [-0.2, -0.15) is 5.10 Å². The fraction of sp³-hybridized carbons (Fsp3) is 0.533. The minimum absolute atomic E-state index is 0.200. The normalized spacial score (nSPS) is 11.3. The van der Waals surface area contributed by atoms with Crippen LogP contribution < -0.4 is 5.56 Å². The van der Waals surface area contributed by atoms with Crippen molar-refractivity contribution in [1.82, 2.24) is 19.7 Å². The smallest absolute Gasteiger partial charge is 0.359 e. The number of pyridine rings is 1. The van der Waals surface area contributed by atoms with E-state index in [0.29, 0.717) is 17.6 Å². The zero-order valence-electron chi connectivity index (χ0n) is 13.5. The Bertz CT molecular complexity index is 730. The maximum atomic E-state index is 12.1.